The molecule has 0 atom stereocenters. The summed E-state index contributed by atoms with van der Waals surface area (Å²) in [5.41, 5.74) is 0.794. The number of aromatic nitrogens is 1. The van der Waals surface area contributed by atoms with E-state index < -0.39 is 10.1 Å². The summed E-state index contributed by atoms with van der Waals surface area (Å²) in [6, 6.07) is 14.3. The van der Waals surface area contributed by atoms with Crippen molar-refractivity contribution in [3.63, 3.8) is 0 Å². The molecule has 0 N–H and O–H groups in total. The molecule has 0 spiro atoms. The first-order chi connectivity index (χ1) is 8.66. The zero-order valence-corrected chi connectivity index (χ0v) is 10.3. The maximum atomic E-state index is 11.6. The third-order valence-electron chi connectivity index (χ3n) is 2.10. The predicted octanol–water partition coefficient (Wildman–Crippen LogP) is 1.40. The Morgan fingerprint density at radius 2 is 1.56 bits per heavy atom. The standard InChI is InChI=1S/C13H12NO3S/c15-18(16,17-14-10-5-2-6-11-14)12-9-13-7-3-1-4-8-13/h1-12H/q+1. The van der Waals surface area contributed by atoms with Crippen LogP contribution in [-0.4, -0.2) is 8.42 Å². The molecule has 0 aliphatic carbocycles. The highest BCUT2D eigenvalue weighted by Gasteiger charge is 2.13. The van der Waals surface area contributed by atoms with Crippen LogP contribution in [0.5, 0.6) is 0 Å². The minimum absolute atomic E-state index is 0.794. The van der Waals surface area contributed by atoms with Crippen molar-refractivity contribution in [2.24, 2.45) is 0 Å². The van der Waals surface area contributed by atoms with Crippen LogP contribution >= 0.6 is 0 Å². The molecule has 0 radical (unpaired) electrons. The van der Waals surface area contributed by atoms with Crippen LogP contribution in [-0.2, 0) is 10.1 Å². The third-order valence-corrected chi connectivity index (χ3v) is 2.95. The van der Waals surface area contributed by atoms with Crippen molar-refractivity contribution in [1.29, 1.82) is 0 Å². The molecule has 2 aromatic rings. The van der Waals surface area contributed by atoms with Gasteiger partial charge >= 0.3 is 10.1 Å². The first kappa shape index (κ1) is 12.3. The van der Waals surface area contributed by atoms with Crippen molar-refractivity contribution in [2.45, 2.75) is 0 Å². The highest BCUT2D eigenvalue weighted by Crippen LogP contribution is 2.02. The molecule has 0 bridgehead atoms. The molecule has 2 rings (SSSR count). The molecule has 0 fully saturated rings. The Hall–Kier alpha value is -2.14. The molecule has 0 amide bonds. The summed E-state index contributed by atoms with van der Waals surface area (Å²) in [5, 5.41) is 1.03. The van der Waals surface area contributed by atoms with Crippen molar-refractivity contribution in [3.8, 4) is 0 Å². The molecule has 5 heteroatoms. The molecule has 0 saturated heterocycles. The van der Waals surface area contributed by atoms with Crippen LogP contribution in [0, 0.1) is 0 Å². The molecule has 0 aliphatic heterocycles. The number of nitrogens with zero attached hydrogens (tertiary/aromatic N) is 1. The van der Waals surface area contributed by atoms with E-state index in [9.17, 15) is 8.42 Å². The summed E-state index contributed by atoms with van der Waals surface area (Å²) in [4.78, 5) is 0. The molecule has 0 aliphatic rings. The molecule has 1 heterocycles. The summed E-state index contributed by atoms with van der Waals surface area (Å²) in [6.45, 7) is 0. The largest absolute Gasteiger partial charge is 0.389 e. The van der Waals surface area contributed by atoms with E-state index in [2.05, 4.69) is 0 Å². The second-order valence-corrected chi connectivity index (χ2v) is 4.92. The van der Waals surface area contributed by atoms with Gasteiger partial charge in [0, 0.05) is 16.9 Å². The van der Waals surface area contributed by atoms with Crippen LogP contribution in [0.2, 0.25) is 0 Å². The number of rotatable bonds is 4. The molecule has 92 valence electrons. The van der Waals surface area contributed by atoms with E-state index in [0.717, 1.165) is 15.7 Å². The Bertz CT molecular complexity index is 622. The molecule has 4 nitrogen and oxygen atoms in total. The first-order valence-corrected chi connectivity index (χ1v) is 6.77. The SMILES string of the molecule is O=S(=O)(C=Cc1ccccc1)O[n+]1ccccc1. The highest BCUT2D eigenvalue weighted by molar-refractivity contribution is 7.89. The minimum atomic E-state index is -3.75. The fourth-order valence-electron chi connectivity index (χ4n) is 1.30. The average molecular weight is 262 g/mol. The van der Waals surface area contributed by atoms with Crippen LogP contribution in [0.25, 0.3) is 6.08 Å². The quantitative estimate of drug-likeness (QED) is 0.783. The van der Waals surface area contributed by atoms with E-state index in [4.69, 9.17) is 4.28 Å². The summed E-state index contributed by atoms with van der Waals surface area (Å²) in [5.74, 6) is 0. The second kappa shape index (κ2) is 5.46. The zero-order chi connectivity index (χ0) is 12.8. The van der Waals surface area contributed by atoms with Gasteiger partial charge in [0.2, 0.25) is 12.4 Å². The number of hydrogen-bond acceptors (Lipinski definition) is 3. The van der Waals surface area contributed by atoms with Gasteiger partial charge in [-0.2, -0.15) is 8.42 Å². The smallest absolute Gasteiger partial charge is 0.176 e. The van der Waals surface area contributed by atoms with Gasteiger partial charge in [0.1, 0.15) is 0 Å². The lowest BCUT2D eigenvalue weighted by atomic mass is 10.2. The summed E-state index contributed by atoms with van der Waals surface area (Å²) < 4.78 is 29.2. The average Bonchev–Trinajstić information content (AvgIpc) is 2.38. The maximum absolute atomic E-state index is 11.6. The second-order valence-electron chi connectivity index (χ2n) is 3.52. The molecule has 18 heavy (non-hydrogen) atoms. The molecular formula is C13H12NO3S+. The van der Waals surface area contributed by atoms with Gasteiger partial charge in [-0.3, -0.25) is 0 Å². The van der Waals surface area contributed by atoms with Gasteiger partial charge in [0.25, 0.3) is 0 Å². The summed E-state index contributed by atoms with van der Waals surface area (Å²) in [7, 11) is -3.75. The normalized spacial score (nSPS) is 11.6. The Labute approximate surface area is 106 Å². The monoisotopic (exact) mass is 262 g/mol. The van der Waals surface area contributed by atoms with Crippen LogP contribution in [0.1, 0.15) is 5.56 Å². The van der Waals surface area contributed by atoms with E-state index in [1.54, 1.807) is 18.2 Å². The van der Waals surface area contributed by atoms with Crippen LogP contribution in [0.4, 0.5) is 0 Å². The van der Waals surface area contributed by atoms with Crippen LogP contribution in [0.3, 0.4) is 0 Å². The predicted molar refractivity (Wildman–Crippen MR) is 67.6 cm³/mol. The highest BCUT2D eigenvalue weighted by atomic mass is 32.2. The van der Waals surface area contributed by atoms with E-state index in [0.29, 0.717) is 0 Å². The lowest BCUT2D eigenvalue weighted by molar-refractivity contribution is -0.856. The Morgan fingerprint density at radius 1 is 0.944 bits per heavy atom. The Balaban J connectivity index is 2.11. The van der Waals surface area contributed by atoms with Gasteiger partial charge in [-0.25, -0.2) is 0 Å². The molecule has 0 saturated carbocycles. The van der Waals surface area contributed by atoms with Crippen LogP contribution in [0.15, 0.2) is 66.3 Å². The van der Waals surface area contributed by atoms with Gasteiger partial charge < -0.3 is 0 Å². The first-order valence-electron chi connectivity index (χ1n) is 5.30. The van der Waals surface area contributed by atoms with Crippen LogP contribution < -0.4 is 9.01 Å². The molecule has 1 aromatic carbocycles. The zero-order valence-electron chi connectivity index (χ0n) is 9.51. The van der Waals surface area contributed by atoms with Gasteiger partial charge in [0.15, 0.2) is 0 Å². The fourth-order valence-corrected chi connectivity index (χ4v) is 2.02. The van der Waals surface area contributed by atoms with Crippen molar-refractivity contribution < 1.29 is 17.4 Å². The van der Waals surface area contributed by atoms with Gasteiger partial charge in [0.05, 0.1) is 5.41 Å². The lowest BCUT2D eigenvalue weighted by Crippen LogP contribution is -2.44. The minimum Gasteiger partial charge on any atom is -0.176 e. The molecule has 0 unspecified atom stereocenters. The summed E-state index contributed by atoms with van der Waals surface area (Å²) in [6.07, 6.45) is 4.50. The van der Waals surface area contributed by atoms with E-state index >= 15 is 0 Å². The third kappa shape index (κ3) is 3.71. The molecular weight excluding hydrogens is 250 g/mol. The maximum Gasteiger partial charge on any atom is 0.389 e. The van der Waals surface area contributed by atoms with Crippen molar-refractivity contribution in [3.05, 3.63) is 71.9 Å². The molecule has 1 aromatic heterocycles. The lowest BCUT2D eigenvalue weighted by Gasteiger charge is -1.94. The number of benzene rings is 1. The van der Waals surface area contributed by atoms with E-state index in [1.165, 1.54) is 18.5 Å². The van der Waals surface area contributed by atoms with Crippen molar-refractivity contribution in [1.82, 2.24) is 0 Å². The Morgan fingerprint density at radius 3 is 2.22 bits per heavy atom. The number of hydrogen-bond donors (Lipinski definition) is 0. The van der Waals surface area contributed by atoms with Gasteiger partial charge in [-0.15, -0.1) is 4.28 Å². The van der Waals surface area contributed by atoms with E-state index in [-0.39, 0.29) is 0 Å². The summed E-state index contributed by atoms with van der Waals surface area (Å²) >= 11 is 0. The van der Waals surface area contributed by atoms with Crippen molar-refractivity contribution in [2.75, 3.05) is 0 Å². The fraction of sp³-hybridized carbons (Fsp3) is 0. The van der Waals surface area contributed by atoms with Gasteiger partial charge in [-0.05, 0) is 11.6 Å². The Kier molecular flexibility index (Phi) is 3.74. The van der Waals surface area contributed by atoms with E-state index in [1.807, 2.05) is 30.3 Å². The van der Waals surface area contributed by atoms with Crippen molar-refractivity contribution >= 4 is 16.2 Å². The van der Waals surface area contributed by atoms with Gasteiger partial charge in [-0.1, -0.05) is 36.4 Å². The topological polar surface area (TPSA) is 47.3 Å². The number of pyridine rings is 1.